The largest absolute Gasteiger partial charge is 0.479 e. The number of carbonyl (C=O) groups excluding carboxylic acids is 3. The van der Waals surface area contributed by atoms with Crippen LogP contribution in [0.4, 0.5) is 5.69 Å². The van der Waals surface area contributed by atoms with Crippen LogP contribution in [-0.2, 0) is 14.3 Å². The van der Waals surface area contributed by atoms with Gasteiger partial charge in [-0.2, -0.15) is 5.26 Å². The molecule has 0 unspecified atom stereocenters. The molecule has 0 fully saturated rings. The van der Waals surface area contributed by atoms with E-state index in [9.17, 15) is 14.4 Å². The number of nitriles is 1. The monoisotopic (exact) mass is 381 g/mol. The van der Waals surface area contributed by atoms with Crippen molar-refractivity contribution in [3.8, 4) is 11.8 Å². The van der Waals surface area contributed by atoms with E-state index < -0.39 is 30.0 Å². The molecule has 144 valence electrons. The van der Waals surface area contributed by atoms with Gasteiger partial charge in [-0.05, 0) is 62.4 Å². The van der Waals surface area contributed by atoms with Crippen molar-refractivity contribution in [3.05, 3.63) is 59.7 Å². The molecule has 0 aliphatic carbocycles. The maximum atomic E-state index is 12.2. The molecule has 0 bridgehead atoms. The number of nitrogens with one attached hydrogen (secondary N) is 1. The van der Waals surface area contributed by atoms with Crippen molar-refractivity contribution in [1.82, 2.24) is 0 Å². The number of carbonyl (C=O) groups is 3. The number of nitrogens with zero attached hydrogens (tertiary/aromatic N) is 1. The number of hydrogen-bond acceptors (Lipinski definition) is 6. The highest BCUT2D eigenvalue weighted by Crippen LogP contribution is 2.15. The van der Waals surface area contributed by atoms with Crippen molar-refractivity contribution in [1.29, 1.82) is 5.26 Å². The van der Waals surface area contributed by atoms with E-state index in [2.05, 4.69) is 5.32 Å². The fourth-order valence-electron chi connectivity index (χ4n) is 2.15. The van der Waals surface area contributed by atoms with Crippen molar-refractivity contribution in [2.45, 2.75) is 26.1 Å². The Hall–Kier alpha value is -3.86. The lowest BCUT2D eigenvalue weighted by atomic mass is 10.2. The molecule has 3 N–H and O–H groups in total. The van der Waals surface area contributed by atoms with Gasteiger partial charge >= 0.3 is 5.97 Å². The van der Waals surface area contributed by atoms with Gasteiger partial charge in [0, 0.05) is 11.3 Å². The summed E-state index contributed by atoms with van der Waals surface area (Å²) in [5.41, 5.74) is 6.37. The zero-order chi connectivity index (χ0) is 20.7. The van der Waals surface area contributed by atoms with Crippen LogP contribution in [0, 0.1) is 11.3 Å². The number of nitrogens with two attached hydrogens (primary N) is 1. The molecule has 0 aliphatic heterocycles. The fourth-order valence-corrected chi connectivity index (χ4v) is 2.15. The van der Waals surface area contributed by atoms with E-state index in [1.54, 1.807) is 24.3 Å². The van der Waals surface area contributed by atoms with Gasteiger partial charge in [-0.25, -0.2) is 4.79 Å². The van der Waals surface area contributed by atoms with Crippen LogP contribution in [-0.4, -0.2) is 30.0 Å². The molecule has 0 radical (unpaired) electrons. The van der Waals surface area contributed by atoms with Crippen molar-refractivity contribution >= 4 is 23.5 Å². The Morgan fingerprint density at radius 2 is 1.61 bits per heavy atom. The quantitative estimate of drug-likeness (QED) is 0.705. The SMILES string of the molecule is C[C@H](OC(=O)[C@@H](C)Oc1ccc(C#N)cc1)C(=O)Nc1ccc(C(N)=O)cc1. The smallest absolute Gasteiger partial charge is 0.347 e. The molecular formula is C20H19N3O5. The van der Waals surface area contributed by atoms with E-state index in [-0.39, 0.29) is 0 Å². The molecule has 2 aromatic carbocycles. The molecule has 0 saturated carbocycles. The zero-order valence-electron chi connectivity index (χ0n) is 15.3. The molecule has 0 aliphatic rings. The lowest BCUT2D eigenvalue weighted by Gasteiger charge is -2.18. The van der Waals surface area contributed by atoms with E-state index in [0.717, 1.165) is 0 Å². The second-order valence-electron chi connectivity index (χ2n) is 5.91. The number of hydrogen-bond donors (Lipinski definition) is 2. The Balaban J connectivity index is 1.88. The molecular weight excluding hydrogens is 362 g/mol. The van der Waals surface area contributed by atoms with E-state index in [0.29, 0.717) is 22.6 Å². The summed E-state index contributed by atoms with van der Waals surface area (Å²) in [5, 5.41) is 11.3. The molecule has 28 heavy (non-hydrogen) atoms. The van der Waals surface area contributed by atoms with Gasteiger partial charge in [-0.3, -0.25) is 9.59 Å². The number of rotatable bonds is 7. The molecule has 0 aromatic heterocycles. The lowest BCUT2D eigenvalue weighted by molar-refractivity contribution is -0.159. The Labute approximate surface area is 161 Å². The third-order valence-electron chi connectivity index (χ3n) is 3.73. The van der Waals surface area contributed by atoms with Gasteiger partial charge in [-0.1, -0.05) is 0 Å². The second kappa shape index (κ2) is 9.19. The minimum atomic E-state index is -1.06. The van der Waals surface area contributed by atoms with Crippen LogP contribution < -0.4 is 15.8 Å². The molecule has 2 aromatic rings. The van der Waals surface area contributed by atoms with Crippen molar-refractivity contribution in [2.24, 2.45) is 5.73 Å². The lowest BCUT2D eigenvalue weighted by Crippen LogP contribution is -2.35. The average molecular weight is 381 g/mol. The van der Waals surface area contributed by atoms with Crippen LogP contribution in [0.5, 0.6) is 5.75 Å². The van der Waals surface area contributed by atoms with E-state index in [4.69, 9.17) is 20.5 Å². The van der Waals surface area contributed by atoms with Gasteiger partial charge in [0.2, 0.25) is 5.91 Å². The van der Waals surface area contributed by atoms with Crippen molar-refractivity contribution in [2.75, 3.05) is 5.32 Å². The number of benzene rings is 2. The topological polar surface area (TPSA) is 132 Å². The Morgan fingerprint density at radius 1 is 1.00 bits per heavy atom. The highest BCUT2D eigenvalue weighted by Gasteiger charge is 2.23. The standard InChI is InChI=1S/C20H19N3O5/c1-12(19(25)23-16-7-5-15(6-8-16)18(22)24)28-20(26)13(2)27-17-9-3-14(11-21)4-10-17/h3-10,12-13H,1-2H3,(H2,22,24)(H,23,25)/t12-,13+/m0/s1. The van der Waals surface area contributed by atoms with Crippen LogP contribution in [0.2, 0.25) is 0 Å². The first-order valence-corrected chi connectivity index (χ1v) is 8.38. The first-order valence-electron chi connectivity index (χ1n) is 8.38. The molecule has 0 spiro atoms. The van der Waals surface area contributed by atoms with Crippen molar-refractivity contribution < 1.29 is 23.9 Å². The van der Waals surface area contributed by atoms with Gasteiger partial charge in [-0.15, -0.1) is 0 Å². The van der Waals surface area contributed by atoms with Crippen LogP contribution in [0.3, 0.4) is 0 Å². The minimum absolute atomic E-state index is 0.311. The summed E-state index contributed by atoms with van der Waals surface area (Å²) in [6.45, 7) is 2.92. The Morgan fingerprint density at radius 3 is 2.14 bits per heavy atom. The minimum Gasteiger partial charge on any atom is -0.479 e. The van der Waals surface area contributed by atoms with Gasteiger partial charge < -0.3 is 20.5 Å². The van der Waals surface area contributed by atoms with E-state index in [1.807, 2.05) is 6.07 Å². The summed E-state index contributed by atoms with van der Waals surface area (Å²) in [4.78, 5) is 35.3. The second-order valence-corrected chi connectivity index (χ2v) is 5.91. The maximum absolute atomic E-state index is 12.2. The predicted molar refractivity (Wildman–Crippen MR) is 100 cm³/mol. The average Bonchev–Trinajstić information content (AvgIpc) is 2.68. The molecule has 0 saturated heterocycles. The number of primary amides is 1. The molecule has 8 nitrogen and oxygen atoms in total. The number of anilines is 1. The normalized spacial score (nSPS) is 12.2. The summed E-state index contributed by atoms with van der Waals surface area (Å²) < 4.78 is 10.6. The highest BCUT2D eigenvalue weighted by molar-refractivity contribution is 5.96. The summed E-state index contributed by atoms with van der Waals surface area (Å²) >= 11 is 0. The summed E-state index contributed by atoms with van der Waals surface area (Å²) in [6.07, 6.45) is -2.01. The Bertz CT molecular complexity index is 901. The van der Waals surface area contributed by atoms with Gasteiger partial charge in [0.05, 0.1) is 11.6 Å². The maximum Gasteiger partial charge on any atom is 0.347 e. The Kier molecular flexibility index (Phi) is 6.71. The highest BCUT2D eigenvalue weighted by atomic mass is 16.6. The molecule has 8 heteroatoms. The third-order valence-corrected chi connectivity index (χ3v) is 3.73. The number of amides is 2. The van der Waals surface area contributed by atoms with Gasteiger partial charge in [0.25, 0.3) is 5.91 Å². The summed E-state index contributed by atoms with van der Waals surface area (Å²) in [7, 11) is 0. The molecule has 2 amide bonds. The van der Waals surface area contributed by atoms with Gasteiger partial charge in [0.15, 0.2) is 12.2 Å². The third kappa shape index (κ3) is 5.57. The molecule has 0 heterocycles. The van der Waals surface area contributed by atoms with Crippen LogP contribution in [0.15, 0.2) is 48.5 Å². The van der Waals surface area contributed by atoms with Crippen LogP contribution in [0.25, 0.3) is 0 Å². The first-order chi connectivity index (χ1) is 13.3. The first kappa shape index (κ1) is 20.5. The number of esters is 1. The van der Waals surface area contributed by atoms with Crippen LogP contribution in [0.1, 0.15) is 29.8 Å². The summed E-state index contributed by atoms with van der Waals surface area (Å²) in [5.74, 6) is -1.42. The molecule has 2 rings (SSSR count). The predicted octanol–water partition coefficient (Wildman–Crippen LogP) is 1.99. The van der Waals surface area contributed by atoms with Crippen LogP contribution >= 0.6 is 0 Å². The van der Waals surface area contributed by atoms with Crippen molar-refractivity contribution in [3.63, 3.8) is 0 Å². The van der Waals surface area contributed by atoms with E-state index in [1.165, 1.54) is 38.1 Å². The summed E-state index contributed by atoms with van der Waals surface area (Å²) in [6, 6.07) is 14.2. The molecule has 2 atom stereocenters. The zero-order valence-corrected chi connectivity index (χ0v) is 15.3. The van der Waals surface area contributed by atoms with E-state index >= 15 is 0 Å². The number of ether oxygens (including phenoxy) is 2. The van der Waals surface area contributed by atoms with Gasteiger partial charge in [0.1, 0.15) is 5.75 Å². The fraction of sp³-hybridized carbons (Fsp3) is 0.200.